The van der Waals surface area contributed by atoms with Crippen molar-refractivity contribution in [2.75, 3.05) is 0 Å². The van der Waals surface area contributed by atoms with E-state index >= 15 is 0 Å². The van der Waals surface area contributed by atoms with Gasteiger partial charge in [-0.05, 0) is 41.8 Å². The van der Waals surface area contributed by atoms with E-state index < -0.39 is 11.6 Å². The second-order valence-electron chi connectivity index (χ2n) is 8.82. The molecule has 0 amide bonds. The zero-order valence-corrected chi connectivity index (χ0v) is 19.5. The second kappa shape index (κ2) is 7.60. The van der Waals surface area contributed by atoms with E-state index in [0.717, 1.165) is 27.6 Å². The molecule has 0 bridgehead atoms. The van der Waals surface area contributed by atoms with E-state index in [0.29, 0.717) is 21.9 Å². The Morgan fingerprint density at radius 2 is 2.00 bits per heavy atom. The average Bonchev–Trinajstić information content (AvgIpc) is 3.24. The van der Waals surface area contributed by atoms with Crippen LogP contribution >= 0.6 is 11.6 Å². The molecule has 4 heterocycles. The summed E-state index contributed by atoms with van der Waals surface area (Å²) in [5, 5.41) is 20.2. The SMILES string of the molecule is CCC1(O)C(=O)OCc2c1cc1n(c2=O)Cc2c-1nc1ccc(C=N)cc1c2-c1ccccc1Cl. The third-order valence-corrected chi connectivity index (χ3v) is 7.35. The van der Waals surface area contributed by atoms with Crippen LogP contribution in [0.15, 0.2) is 53.3 Å². The van der Waals surface area contributed by atoms with Gasteiger partial charge >= 0.3 is 5.97 Å². The maximum absolute atomic E-state index is 13.6. The first kappa shape index (κ1) is 21.7. The lowest BCUT2D eigenvalue weighted by Gasteiger charge is -2.31. The molecule has 6 rings (SSSR count). The van der Waals surface area contributed by atoms with E-state index in [-0.39, 0.29) is 36.3 Å². The molecular formula is C27H20ClN3O4. The number of rotatable bonds is 3. The van der Waals surface area contributed by atoms with E-state index in [1.165, 1.54) is 6.21 Å². The third-order valence-electron chi connectivity index (χ3n) is 7.02. The number of ether oxygens (including phenoxy) is 1. The van der Waals surface area contributed by atoms with Gasteiger partial charge in [0.25, 0.3) is 5.56 Å². The van der Waals surface area contributed by atoms with Crippen LogP contribution in [-0.2, 0) is 28.3 Å². The highest BCUT2D eigenvalue weighted by Crippen LogP contribution is 2.44. The molecule has 0 fully saturated rings. The number of aromatic nitrogens is 2. The van der Waals surface area contributed by atoms with Crippen molar-refractivity contribution in [3.63, 3.8) is 0 Å². The number of halogens is 1. The number of cyclic esters (lactones) is 1. The molecule has 0 spiro atoms. The van der Waals surface area contributed by atoms with Crippen LogP contribution in [-0.4, -0.2) is 26.8 Å². The molecule has 2 aromatic carbocycles. The minimum atomic E-state index is -1.88. The molecule has 1 atom stereocenters. The number of pyridine rings is 2. The highest BCUT2D eigenvalue weighted by atomic mass is 35.5. The Bertz CT molecular complexity index is 1660. The average molecular weight is 486 g/mol. The molecule has 0 saturated carbocycles. The molecule has 7 nitrogen and oxygen atoms in total. The molecule has 0 saturated heterocycles. The van der Waals surface area contributed by atoms with Crippen LogP contribution in [0.2, 0.25) is 5.02 Å². The number of nitrogens with zero attached hydrogens (tertiary/aromatic N) is 2. The molecule has 1 unspecified atom stereocenters. The Labute approximate surface area is 205 Å². The van der Waals surface area contributed by atoms with Gasteiger partial charge in [-0.25, -0.2) is 9.78 Å². The number of fused-ring (bicyclic) bond motifs is 5. The summed E-state index contributed by atoms with van der Waals surface area (Å²) in [5.74, 6) is -0.752. The summed E-state index contributed by atoms with van der Waals surface area (Å²) in [4.78, 5) is 30.9. The fourth-order valence-corrected chi connectivity index (χ4v) is 5.39. The van der Waals surface area contributed by atoms with Gasteiger partial charge < -0.3 is 19.8 Å². The van der Waals surface area contributed by atoms with Crippen molar-refractivity contribution in [3.05, 3.63) is 86.2 Å². The Morgan fingerprint density at radius 1 is 1.20 bits per heavy atom. The number of benzene rings is 2. The fraction of sp³-hybridized carbons (Fsp3) is 0.185. The van der Waals surface area contributed by atoms with Gasteiger partial charge in [-0.15, -0.1) is 0 Å². The molecule has 2 aromatic heterocycles. The largest absolute Gasteiger partial charge is 0.458 e. The highest BCUT2D eigenvalue weighted by Gasteiger charge is 2.45. The predicted molar refractivity (Wildman–Crippen MR) is 133 cm³/mol. The van der Waals surface area contributed by atoms with Crippen LogP contribution in [0.5, 0.6) is 0 Å². The van der Waals surface area contributed by atoms with Gasteiger partial charge in [0.05, 0.1) is 29.0 Å². The molecule has 35 heavy (non-hydrogen) atoms. The zero-order valence-electron chi connectivity index (χ0n) is 18.8. The maximum Gasteiger partial charge on any atom is 0.343 e. The summed E-state index contributed by atoms with van der Waals surface area (Å²) in [5.41, 5.74) is 3.38. The summed E-state index contributed by atoms with van der Waals surface area (Å²) in [6.07, 6.45) is 1.36. The van der Waals surface area contributed by atoms with Gasteiger partial charge in [0.1, 0.15) is 6.61 Å². The number of hydrogen-bond acceptors (Lipinski definition) is 6. The number of nitrogens with one attached hydrogen (secondary N) is 1. The Hall–Kier alpha value is -3.81. The fourth-order valence-electron chi connectivity index (χ4n) is 5.16. The van der Waals surface area contributed by atoms with Crippen LogP contribution in [0.4, 0.5) is 0 Å². The van der Waals surface area contributed by atoms with E-state index in [1.54, 1.807) is 17.6 Å². The number of aliphatic hydroxyl groups is 1. The molecule has 2 N–H and O–H groups in total. The summed E-state index contributed by atoms with van der Waals surface area (Å²) >= 11 is 6.63. The quantitative estimate of drug-likeness (QED) is 0.291. The minimum Gasteiger partial charge on any atom is -0.458 e. The molecule has 8 heteroatoms. The first-order valence-electron chi connectivity index (χ1n) is 11.3. The summed E-state index contributed by atoms with van der Waals surface area (Å²) in [7, 11) is 0. The molecule has 0 aliphatic carbocycles. The smallest absolute Gasteiger partial charge is 0.343 e. The van der Waals surface area contributed by atoms with Gasteiger partial charge in [-0.3, -0.25) is 4.79 Å². The summed E-state index contributed by atoms with van der Waals surface area (Å²) < 4.78 is 6.78. The van der Waals surface area contributed by atoms with Gasteiger partial charge in [0.15, 0.2) is 5.60 Å². The Kier molecular flexibility index (Phi) is 4.71. The lowest BCUT2D eigenvalue weighted by Crippen LogP contribution is -2.44. The molecular weight excluding hydrogens is 466 g/mol. The standard InChI is InChI=1S/C27H20ClN3O4/c1-2-27(34)19-10-22-24-17(12-31(22)25(32)18(19)13-35-26(27)33)23(15-5-3-4-6-20(15)28)16-9-14(11-29)7-8-21(16)30-24/h3-11,29,34H,2,12-13H2,1H3. The van der Waals surface area contributed by atoms with E-state index in [4.69, 9.17) is 26.7 Å². The van der Waals surface area contributed by atoms with Crippen LogP contribution in [0.1, 0.15) is 35.6 Å². The van der Waals surface area contributed by atoms with Crippen molar-refractivity contribution in [3.8, 4) is 22.5 Å². The molecule has 4 aromatic rings. The minimum absolute atomic E-state index is 0.0804. The van der Waals surface area contributed by atoms with Gasteiger partial charge in [0, 0.05) is 33.3 Å². The van der Waals surface area contributed by atoms with E-state index in [1.807, 2.05) is 42.5 Å². The van der Waals surface area contributed by atoms with Crippen LogP contribution in [0.25, 0.3) is 33.4 Å². The number of carbonyl (C=O) groups excluding carboxylic acids is 1. The number of carbonyl (C=O) groups is 1. The topological polar surface area (TPSA) is 105 Å². The summed E-state index contributed by atoms with van der Waals surface area (Å²) in [6, 6.07) is 14.7. The molecule has 174 valence electrons. The van der Waals surface area contributed by atoms with Crippen molar-refractivity contribution >= 4 is 34.7 Å². The first-order chi connectivity index (χ1) is 16.9. The Morgan fingerprint density at radius 3 is 2.74 bits per heavy atom. The number of esters is 1. The molecule has 2 aliphatic heterocycles. The third kappa shape index (κ3) is 2.95. The Balaban J connectivity index is 1.71. The number of hydrogen-bond donors (Lipinski definition) is 2. The molecule has 0 radical (unpaired) electrons. The van der Waals surface area contributed by atoms with E-state index in [9.17, 15) is 14.7 Å². The van der Waals surface area contributed by atoms with E-state index in [2.05, 4.69) is 0 Å². The van der Waals surface area contributed by atoms with Crippen LogP contribution in [0.3, 0.4) is 0 Å². The van der Waals surface area contributed by atoms with Crippen molar-refractivity contribution in [2.24, 2.45) is 0 Å². The predicted octanol–water partition coefficient (Wildman–Crippen LogP) is 4.40. The second-order valence-corrected chi connectivity index (χ2v) is 9.22. The first-order valence-corrected chi connectivity index (χ1v) is 11.6. The normalized spacial score (nSPS) is 18.1. The highest BCUT2D eigenvalue weighted by molar-refractivity contribution is 6.34. The van der Waals surface area contributed by atoms with Gasteiger partial charge in [-0.1, -0.05) is 42.8 Å². The van der Waals surface area contributed by atoms with Crippen molar-refractivity contribution in [2.45, 2.75) is 32.1 Å². The zero-order chi connectivity index (χ0) is 24.5. The van der Waals surface area contributed by atoms with Crippen LogP contribution in [0, 0.1) is 5.41 Å². The maximum atomic E-state index is 13.6. The van der Waals surface area contributed by atoms with Crippen molar-refractivity contribution in [1.82, 2.24) is 9.55 Å². The lowest BCUT2D eigenvalue weighted by atomic mass is 9.86. The molecule has 2 aliphatic rings. The lowest BCUT2D eigenvalue weighted by molar-refractivity contribution is -0.172. The summed E-state index contributed by atoms with van der Waals surface area (Å²) in [6.45, 7) is 1.76. The van der Waals surface area contributed by atoms with Crippen molar-refractivity contribution in [1.29, 1.82) is 5.41 Å². The van der Waals surface area contributed by atoms with Crippen LogP contribution < -0.4 is 5.56 Å². The van der Waals surface area contributed by atoms with Gasteiger partial charge in [0.2, 0.25) is 0 Å². The monoisotopic (exact) mass is 485 g/mol. The van der Waals surface area contributed by atoms with Gasteiger partial charge in [-0.2, -0.15) is 0 Å². The van der Waals surface area contributed by atoms with Crippen molar-refractivity contribution < 1.29 is 14.6 Å².